The molecule has 1 saturated heterocycles. The van der Waals surface area contributed by atoms with Crippen LogP contribution < -0.4 is 10.6 Å². The van der Waals surface area contributed by atoms with Gasteiger partial charge in [-0.15, -0.1) is 12.4 Å². The summed E-state index contributed by atoms with van der Waals surface area (Å²) in [5.74, 6) is 1.29. The van der Waals surface area contributed by atoms with Crippen LogP contribution >= 0.6 is 12.4 Å². The van der Waals surface area contributed by atoms with Crippen LogP contribution in [-0.2, 0) is 4.79 Å². The number of hydrogen-bond acceptors (Lipinski definition) is 5. The number of nitrogens with zero attached hydrogens (tertiary/aromatic N) is 2. The molecule has 0 aliphatic carbocycles. The Morgan fingerprint density at radius 2 is 2.14 bits per heavy atom. The molecule has 0 radical (unpaired) electrons. The van der Waals surface area contributed by atoms with E-state index < -0.39 is 0 Å². The van der Waals surface area contributed by atoms with Gasteiger partial charge >= 0.3 is 0 Å². The van der Waals surface area contributed by atoms with Crippen LogP contribution in [-0.4, -0.2) is 35.7 Å². The molecule has 0 bridgehead atoms. The van der Waals surface area contributed by atoms with Crippen molar-refractivity contribution in [3.8, 4) is 11.4 Å². The number of rotatable bonds is 5. The van der Waals surface area contributed by atoms with Crippen LogP contribution in [0.4, 0.5) is 0 Å². The number of aromatic nitrogens is 2. The first-order valence-corrected chi connectivity index (χ1v) is 7.11. The van der Waals surface area contributed by atoms with Crippen molar-refractivity contribution in [3.05, 3.63) is 36.2 Å². The molecule has 6 nitrogen and oxygen atoms in total. The van der Waals surface area contributed by atoms with Gasteiger partial charge in [0, 0.05) is 25.2 Å². The standard InChI is InChI=1S/C15H18N4O2.ClH/c1-10(7-17-14(20)12-8-16-9-12)15-18-13(19-21-15)11-5-3-2-4-6-11;/h2-6,10,12,16H,7-9H2,1H3,(H,17,20);1H. The summed E-state index contributed by atoms with van der Waals surface area (Å²) >= 11 is 0. The summed E-state index contributed by atoms with van der Waals surface area (Å²) in [7, 11) is 0. The third-order valence-electron chi connectivity index (χ3n) is 3.63. The maximum absolute atomic E-state index is 11.8. The Kier molecular flexibility index (Phi) is 5.51. The van der Waals surface area contributed by atoms with Crippen molar-refractivity contribution < 1.29 is 9.32 Å². The summed E-state index contributed by atoms with van der Waals surface area (Å²) in [4.78, 5) is 16.2. The van der Waals surface area contributed by atoms with Crippen molar-refractivity contribution in [2.45, 2.75) is 12.8 Å². The van der Waals surface area contributed by atoms with Crippen molar-refractivity contribution in [3.63, 3.8) is 0 Å². The van der Waals surface area contributed by atoms with E-state index in [0.717, 1.165) is 18.7 Å². The fourth-order valence-electron chi connectivity index (χ4n) is 2.10. The van der Waals surface area contributed by atoms with E-state index in [9.17, 15) is 4.79 Å². The number of nitrogens with one attached hydrogen (secondary N) is 2. The van der Waals surface area contributed by atoms with Gasteiger partial charge in [-0.1, -0.05) is 42.4 Å². The molecular weight excluding hydrogens is 304 g/mol. The molecule has 2 heterocycles. The Bertz CT molecular complexity index is 613. The summed E-state index contributed by atoms with van der Waals surface area (Å²) in [5.41, 5.74) is 0.921. The molecule has 7 heteroatoms. The largest absolute Gasteiger partial charge is 0.355 e. The number of halogens is 1. The van der Waals surface area contributed by atoms with Crippen molar-refractivity contribution in [1.82, 2.24) is 20.8 Å². The second kappa shape index (κ2) is 7.38. The van der Waals surface area contributed by atoms with Crippen LogP contribution in [0.1, 0.15) is 18.7 Å². The molecule has 1 aromatic carbocycles. The Balaban J connectivity index is 0.00000176. The minimum absolute atomic E-state index is 0. The maximum atomic E-state index is 11.8. The molecule has 3 rings (SSSR count). The van der Waals surface area contributed by atoms with Gasteiger partial charge < -0.3 is 15.2 Å². The molecular formula is C15H19ClN4O2. The SMILES string of the molecule is CC(CNC(=O)C1CNC1)c1nc(-c2ccccc2)no1.Cl. The molecule has 1 amide bonds. The monoisotopic (exact) mass is 322 g/mol. The summed E-state index contributed by atoms with van der Waals surface area (Å²) in [5, 5.41) is 9.99. The lowest BCUT2D eigenvalue weighted by Gasteiger charge is -2.26. The number of benzene rings is 1. The molecule has 1 aromatic heterocycles. The highest BCUT2D eigenvalue weighted by atomic mass is 35.5. The zero-order chi connectivity index (χ0) is 14.7. The van der Waals surface area contributed by atoms with E-state index in [1.807, 2.05) is 37.3 Å². The van der Waals surface area contributed by atoms with E-state index in [2.05, 4.69) is 20.8 Å². The fraction of sp³-hybridized carbons (Fsp3) is 0.400. The van der Waals surface area contributed by atoms with Gasteiger partial charge in [-0.3, -0.25) is 4.79 Å². The summed E-state index contributed by atoms with van der Waals surface area (Å²) < 4.78 is 5.29. The number of carbonyl (C=O) groups is 1. The lowest BCUT2D eigenvalue weighted by atomic mass is 10.0. The van der Waals surface area contributed by atoms with Crippen molar-refractivity contribution >= 4 is 18.3 Å². The van der Waals surface area contributed by atoms with E-state index in [4.69, 9.17) is 4.52 Å². The Morgan fingerprint density at radius 3 is 2.77 bits per heavy atom. The Morgan fingerprint density at radius 1 is 1.41 bits per heavy atom. The first kappa shape index (κ1) is 16.5. The highest BCUT2D eigenvalue weighted by Crippen LogP contribution is 2.19. The highest BCUT2D eigenvalue weighted by Gasteiger charge is 2.25. The third-order valence-corrected chi connectivity index (χ3v) is 3.63. The van der Waals surface area contributed by atoms with E-state index in [1.54, 1.807) is 0 Å². The van der Waals surface area contributed by atoms with Crippen molar-refractivity contribution in [1.29, 1.82) is 0 Å². The Hall–Kier alpha value is -1.92. The third kappa shape index (κ3) is 3.64. The number of hydrogen-bond donors (Lipinski definition) is 2. The zero-order valence-corrected chi connectivity index (χ0v) is 13.1. The molecule has 1 fully saturated rings. The van der Waals surface area contributed by atoms with Gasteiger partial charge in [0.25, 0.3) is 0 Å². The first-order chi connectivity index (χ1) is 10.2. The average Bonchev–Trinajstić information content (AvgIpc) is 2.94. The van der Waals surface area contributed by atoms with E-state index in [0.29, 0.717) is 18.3 Å². The molecule has 2 aromatic rings. The highest BCUT2D eigenvalue weighted by molar-refractivity contribution is 5.85. The van der Waals surface area contributed by atoms with Crippen molar-refractivity contribution in [2.75, 3.05) is 19.6 Å². The predicted octanol–water partition coefficient (Wildman–Crippen LogP) is 1.60. The molecule has 118 valence electrons. The smallest absolute Gasteiger partial charge is 0.231 e. The fourth-order valence-corrected chi connectivity index (χ4v) is 2.10. The number of carbonyl (C=O) groups excluding carboxylic acids is 1. The molecule has 1 atom stereocenters. The lowest BCUT2D eigenvalue weighted by molar-refractivity contribution is -0.126. The summed E-state index contributed by atoms with van der Waals surface area (Å²) in [6.07, 6.45) is 0. The van der Waals surface area contributed by atoms with Gasteiger partial charge in [-0.25, -0.2) is 0 Å². The normalized spacial score (nSPS) is 15.5. The summed E-state index contributed by atoms with van der Waals surface area (Å²) in [6.45, 7) is 3.99. The van der Waals surface area contributed by atoms with Gasteiger partial charge in [0.1, 0.15) is 0 Å². The van der Waals surface area contributed by atoms with Crippen molar-refractivity contribution in [2.24, 2.45) is 5.92 Å². The van der Waals surface area contributed by atoms with E-state index >= 15 is 0 Å². The van der Waals surface area contributed by atoms with E-state index in [1.165, 1.54) is 0 Å². The second-order valence-electron chi connectivity index (χ2n) is 5.32. The topological polar surface area (TPSA) is 80.0 Å². The van der Waals surface area contributed by atoms with Crippen LogP contribution in [0.5, 0.6) is 0 Å². The van der Waals surface area contributed by atoms with Crippen LogP contribution in [0.3, 0.4) is 0 Å². The van der Waals surface area contributed by atoms with Gasteiger partial charge in [0.2, 0.25) is 17.6 Å². The Labute approximate surface area is 135 Å². The predicted molar refractivity (Wildman–Crippen MR) is 84.8 cm³/mol. The zero-order valence-electron chi connectivity index (χ0n) is 12.3. The minimum atomic E-state index is -0.00746. The van der Waals surface area contributed by atoms with Crippen LogP contribution in [0, 0.1) is 5.92 Å². The molecule has 1 unspecified atom stereocenters. The van der Waals surface area contributed by atoms with Gasteiger partial charge in [0.15, 0.2) is 0 Å². The minimum Gasteiger partial charge on any atom is -0.355 e. The molecule has 0 saturated carbocycles. The van der Waals surface area contributed by atoms with Gasteiger partial charge in [0.05, 0.1) is 11.8 Å². The summed E-state index contributed by atoms with van der Waals surface area (Å²) in [6, 6.07) is 9.68. The van der Waals surface area contributed by atoms with Crippen LogP contribution in [0.25, 0.3) is 11.4 Å². The average molecular weight is 323 g/mol. The quantitative estimate of drug-likeness (QED) is 0.874. The molecule has 1 aliphatic heterocycles. The van der Waals surface area contributed by atoms with Crippen LogP contribution in [0.15, 0.2) is 34.9 Å². The van der Waals surface area contributed by atoms with Gasteiger partial charge in [-0.2, -0.15) is 4.98 Å². The lowest BCUT2D eigenvalue weighted by Crippen LogP contribution is -2.51. The molecule has 2 N–H and O–H groups in total. The van der Waals surface area contributed by atoms with E-state index in [-0.39, 0.29) is 30.2 Å². The van der Waals surface area contributed by atoms with Gasteiger partial charge in [-0.05, 0) is 0 Å². The molecule has 0 spiro atoms. The van der Waals surface area contributed by atoms with Crippen LogP contribution in [0.2, 0.25) is 0 Å². The molecule has 22 heavy (non-hydrogen) atoms. The maximum Gasteiger partial charge on any atom is 0.231 e. The number of amides is 1. The first-order valence-electron chi connectivity index (χ1n) is 7.11. The second-order valence-corrected chi connectivity index (χ2v) is 5.32. The molecule has 1 aliphatic rings.